The summed E-state index contributed by atoms with van der Waals surface area (Å²) in [5.74, 6) is 0.216. The Balaban J connectivity index is 2.45. The molecule has 0 aromatic rings. The Hall–Kier alpha value is -1.59. The van der Waals surface area contributed by atoms with Gasteiger partial charge in [-0.25, -0.2) is 4.79 Å². The minimum atomic E-state index is -0.494. The zero-order chi connectivity index (χ0) is 15.3. The van der Waals surface area contributed by atoms with E-state index in [0.29, 0.717) is 24.8 Å². The minimum absolute atomic E-state index is 0.197. The summed E-state index contributed by atoms with van der Waals surface area (Å²) >= 11 is 0. The second kappa shape index (κ2) is 7.26. The standard InChI is InChI=1S/C14H25N3O3/c1-9(2)5-6-15-12(18)8-17-13(19)11(7-10(3)4)16-14(17)20/h9-11H,5-8H2,1-4H3,(H,15,18)(H,16,20). The van der Waals surface area contributed by atoms with Gasteiger partial charge in [0, 0.05) is 6.54 Å². The second-order valence-electron chi connectivity index (χ2n) is 6.09. The number of carbonyl (C=O) groups excluding carboxylic acids is 3. The van der Waals surface area contributed by atoms with E-state index in [1.165, 1.54) is 0 Å². The molecule has 1 unspecified atom stereocenters. The van der Waals surface area contributed by atoms with Gasteiger partial charge in [0.15, 0.2) is 0 Å². The molecule has 2 N–H and O–H groups in total. The molecular formula is C14H25N3O3. The van der Waals surface area contributed by atoms with Crippen LogP contribution in [0.5, 0.6) is 0 Å². The maximum Gasteiger partial charge on any atom is 0.325 e. The molecule has 1 aliphatic heterocycles. The highest BCUT2D eigenvalue weighted by atomic mass is 16.2. The number of nitrogens with one attached hydrogen (secondary N) is 2. The molecular weight excluding hydrogens is 258 g/mol. The summed E-state index contributed by atoms with van der Waals surface area (Å²) in [4.78, 5) is 36.5. The lowest BCUT2D eigenvalue weighted by atomic mass is 10.0. The highest BCUT2D eigenvalue weighted by molar-refractivity contribution is 6.06. The molecule has 0 saturated carbocycles. The van der Waals surface area contributed by atoms with Crippen LogP contribution in [0.25, 0.3) is 0 Å². The summed E-state index contributed by atoms with van der Waals surface area (Å²) in [6, 6.07) is -0.967. The first-order valence-corrected chi connectivity index (χ1v) is 7.19. The average Bonchev–Trinajstić information content (AvgIpc) is 2.55. The van der Waals surface area contributed by atoms with E-state index >= 15 is 0 Å². The summed E-state index contributed by atoms with van der Waals surface area (Å²) < 4.78 is 0. The third-order valence-corrected chi connectivity index (χ3v) is 3.16. The number of rotatable bonds is 7. The molecule has 0 bridgehead atoms. The Labute approximate surface area is 120 Å². The van der Waals surface area contributed by atoms with Crippen molar-refractivity contribution in [1.29, 1.82) is 0 Å². The van der Waals surface area contributed by atoms with E-state index < -0.39 is 12.1 Å². The zero-order valence-corrected chi connectivity index (χ0v) is 12.7. The number of amides is 4. The molecule has 1 fully saturated rings. The SMILES string of the molecule is CC(C)CCNC(=O)CN1C(=O)NC(CC(C)C)C1=O. The number of nitrogens with zero attached hydrogens (tertiary/aromatic N) is 1. The molecule has 20 heavy (non-hydrogen) atoms. The second-order valence-corrected chi connectivity index (χ2v) is 6.09. The first kappa shape index (κ1) is 16.5. The normalized spacial score (nSPS) is 18.9. The molecule has 114 valence electrons. The van der Waals surface area contributed by atoms with Crippen molar-refractivity contribution >= 4 is 17.8 Å². The van der Waals surface area contributed by atoms with E-state index in [1.54, 1.807) is 0 Å². The number of urea groups is 1. The molecule has 1 heterocycles. The molecule has 1 atom stereocenters. The van der Waals surface area contributed by atoms with E-state index in [9.17, 15) is 14.4 Å². The van der Waals surface area contributed by atoms with Gasteiger partial charge in [-0.3, -0.25) is 14.5 Å². The molecule has 0 spiro atoms. The summed E-state index contributed by atoms with van der Waals surface area (Å²) in [7, 11) is 0. The lowest BCUT2D eigenvalue weighted by Gasteiger charge is -2.14. The molecule has 0 radical (unpaired) electrons. The van der Waals surface area contributed by atoms with Crippen LogP contribution in [0.2, 0.25) is 0 Å². The van der Waals surface area contributed by atoms with Gasteiger partial charge in [0.1, 0.15) is 12.6 Å². The van der Waals surface area contributed by atoms with Gasteiger partial charge in [-0.15, -0.1) is 0 Å². The Morgan fingerprint density at radius 3 is 2.45 bits per heavy atom. The van der Waals surface area contributed by atoms with Crippen LogP contribution >= 0.6 is 0 Å². The summed E-state index contributed by atoms with van der Waals surface area (Å²) in [5, 5.41) is 5.35. The van der Waals surface area contributed by atoms with Gasteiger partial charge in [-0.1, -0.05) is 27.7 Å². The van der Waals surface area contributed by atoms with Crippen molar-refractivity contribution in [2.45, 2.75) is 46.6 Å². The lowest BCUT2D eigenvalue weighted by Crippen LogP contribution is -2.41. The van der Waals surface area contributed by atoms with Crippen molar-refractivity contribution in [1.82, 2.24) is 15.5 Å². The summed E-state index contributed by atoms with van der Waals surface area (Å²) in [6.45, 7) is 8.48. The van der Waals surface area contributed by atoms with Crippen molar-refractivity contribution in [2.24, 2.45) is 11.8 Å². The van der Waals surface area contributed by atoms with Crippen LogP contribution in [-0.2, 0) is 9.59 Å². The average molecular weight is 283 g/mol. The molecule has 0 aliphatic carbocycles. The van der Waals surface area contributed by atoms with Crippen molar-refractivity contribution in [2.75, 3.05) is 13.1 Å². The molecule has 4 amide bonds. The van der Waals surface area contributed by atoms with E-state index in [0.717, 1.165) is 11.3 Å². The van der Waals surface area contributed by atoms with Gasteiger partial charge < -0.3 is 10.6 Å². The Bertz CT molecular complexity index is 380. The highest BCUT2D eigenvalue weighted by Crippen LogP contribution is 2.13. The van der Waals surface area contributed by atoms with Gasteiger partial charge in [0.2, 0.25) is 5.91 Å². The van der Waals surface area contributed by atoms with E-state index in [2.05, 4.69) is 24.5 Å². The number of imide groups is 1. The third-order valence-electron chi connectivity index (χ3n) is 3.16. The summed E-state index contributed by atoms with van der Waals surface area (Å²) in [6.07, 6.45) is 1.47. The van der Waals surface area contributed by atoms with Gasteiger partial charge in [0.05, 0.1) is 0 Å². The topological polar surface area (TPSA) is 78.5 Å². The fraction of sp³-hybridized carbons (Fsp3) is 0.786. The first-order valence-electron chi connectivity index (χ1n) is 7.19. The van der Waals surface area contributed by atoms with Gasteiger partial charge >= 0.3 is 6.03 Å². The zero-order valence-electron chi connectivity index (χ0n) is 12.7. The number of carbonyl (C=O) groups is 3. The van der Waals surface area contributed by atoms with Crippen LogP contribution in [-0.4, -0.2) is 41.9 Å². The minimum Gasteiger partial charge on any atom is -0.355 e. The van der Waals surface area contributed by atoms with Crippen LogP contribution in [0.3, 0.4) is 0 Å². The Morgan fingerprint density at radius 1 is 1.25 bits per heavy atom. The van der Waals surface area contributed by atoms with Gasteiger partial charge in [-0.05, 0) is 24.7 Å². The molecule has 1 rings (SSSR count). The van der Waals surface area contributed by atoms with Crippen molar-refractivity contribution in [3.8, 4) is 0 Å². The molecule has 0 aromatic heterocycles. The smallest absolute Gasteiger partial charge is 0.325 e. The van der Waals surface area contributed by atoms with E-state index in [4.69, 9.17) is 0 Å². The number of hydrogen-bond donors (Lipinski definition) is 2. The quantitative estimate of drug-likeness (QED) is 0.687. The maximum absolute atomic E-state index is 12.0. The van der Waals surface area contributed by atoms with E-state index in [-0.39, 0.29) is 18.4 Å². The van der Waals surface area contributed by atoms with Crippen molar-refractivity contribution < 1.29 is 14.4 Å². The fourth-order valence-electron chi connectivity index (χ4n) is 2.06. The largest absolute Gasteiger partial charge is 0.355 e. The highest BCUT2D eigenvalue weighted by Gasteiger charge is 2.38. The van der Waals surface area contributed by atoms with Gasteiger partial charge in [0.25, 0.3) is 5.91 Å². The molecule has 1 aliphatic rings. The lowest BCUT2D eigenvalue weighted by molar-refractivity contribution is -0.132. The maximum atomic E-state index is 12.0. The van der Waals surface area contributed by atoms with Crippen LogP contribution in [0.1, 0.15) is 40.5 Å². The Morgan fingerprint density at radius 2 is 1.90 bits per heavy atom. The van der Waals surface area contributed by atoms with E-state index in [1.807, 2.05) is 13.8 Å². The predicted molar refractivity (Wildman–Crippen MR) is 76.0 cm³/mol. The molecule has 1 saturated heterocycles. The first-order chi connectivity index (χ1) is 9.31. The van der Waals surface area contributed by atoms with Crippen LogP contribution < -0.4 is 10.6 Å². The summed E-state index contributed by atoms with van der Waals surface area (Å²) in [5.41, 5.74) is 0. The molecule has 6 heteroatoms. The Kier molecular flexibility index (Phi) is 5.98. The molecule has 6 nitrogen and oxygen atoms in total. The molecule has 0 aromatic carbocycles. The van der Waals surface area contributed by atoms with Crippen LogP contribution in [0.15, 0.2) is 0 Å². The monoisotopic (exact) mass is 283 g/mol. The predicted octanol–water partition coefficient (Wildman–Crippen LogP) is 1.12. The van der Waals surface area contributed by atoms with Crippen LogP contribution in [0.4, 0.5) is 4.79 Å². The van der Waals surface area contributed by atoms with Crippen molar-refractivity contribution in [3.63, 3.8) is 0 Å². The third kappa shape index (κ3) is 4.83. The number of hydrogen-bond acceptors (Lipinski definition) is 3. The van der Waals surface area contributed by atoms with Crippen LogP contribution in [0, 0.1) is 11.8 Å². The van der Waals surface area contributed by atoms with Crippen molar-refractivity contribution in [3.05, 3.63) is 0 Å². The fourth-order valence-corrected chi connectivity index (χ4v) is 2.06. The van der Waals surface area contributed by atoms with Gasteiger partial charge in [-0.2, -0.15) is 0 Å².